The summed E-state index contributed by atoms with van der Waals surface area (Å²) in [5.41, 5.74) is 0.0812. The third kappa shape index (κ3) is 2.59. The van der Waals surface area contributed by atoms with Crippen LogP contribution >= 0.6 is 11.8 Å². The Kier molecular flexibility index (Phi) is 4.02. The molecule has 1 aromatic carbocycles. The van der Waals surface area contributed by atoms with E-state index in [9.17, 15) is 9.90 Å². The molecule has 5 heteroatoms. The van der Waals surface area contributed by atoms with Crippen molar-refractivity contribution in [2.24, 2.45) is 0 Å². The molecule has 0 spiro atoms. The lowest BCUT2D eigenvalue weighted by Crippen LogP contribution is -2.33. The van der Waals surface area contributed by atoms with Crippen molar-refractivity contribution in [3.05, 3.63) is 23.8 Å². The predicted octanol–water partition coefficient (Wildman–Crippen LogP) is 3.09. The molecule has 1 aliphatic carbocycles. The topological polar surface area (TPSA) is 55.8 Å². The summed E-state index contributed by atoms with van der Waals surface area (Å²) in [7, 11) is 1.60. The molecule has 0 amide bonds. The van der Waals surface area contributed by atoms with E-state index in [0.29, 0.717) is 24.3 Å². The molecular weight excluding hydrogens is 288 g/mol. The molecule has 1 aliphatic heterocycles. The van der Waals surface area contributed by atoms with E-state index in [1.807, 2.05) is 30.0 Å². The van der Waals surface area contributed by atoms with E-state index in [1.165, 1.54) is 0 Å². The van der Waals surface area contributed by atoms with E-state index < -0.39 is 11.4 Å². The Hall–Kier alpha value is -1.36. The average Bonchev–Trinajstić information content (AvgIpc) is 2.93. The summed E-state index contributed by atoms with van der Waals surface area (Å²) >= 11 is 1.86. The molecular formula is C16H20O4S. The van der Waals surface area contributed by atoms with Crippen molar-refractivity contribution in [1.29, 1.82) is 0 Å². The van der Waals surface area contributed by atoms with Crippen LogP contribution in [0.4, 0.5) is 0 Å². The minimum Gasteiger partial charge on any atom is -0.493 e. The van der Waals surface area contributed by atoms with Gasteiger partial charge in [0.15, 0.2) is 11.5 Å². The fourth-order valence-corrected chi connectivity index (χ4v) is 3.69. The van der Waals surface area contributed by atoms with Crippen LogP contribution in [0.1, 0.15) is 31.2 Å². The standard InChI is InChI=1S/C16H20O4S/c1-19-14-8-11(16(15(17)18)6-2-3-7-16)4-5-13(14)20-12-9-21-10-12/h4-5,8,12H,2-3,6-7,9-10H2,1H3,(H,17,18). The molecule has 3 rings (SSSR count). The first-order chi connectivity index (χ1) is 10.2. The molecule has 1 aromatic rings. The van der Waals surface area contributed by atoms with E-state index in [-0.39, 0.29) is 6.10 Å². The van der Waals surface area contributed by atoms with Gasteiger partial charge in [-0.3, -0.25) is 4.79 Å². The molecule has 2 aliphatic rings. The van der Waals surface area contributed by atoms with Crippen LogP contribution in [-0.2, 0) is 10.2 Å². The van der Waals surface area contributed by atoms with Crippen molar-refractivity contribution in [3.63, 3.8) is 0 Å². The first-order valence-corrected chi connectivity index (χ1v) is 8.47. The lowest BCUT2D eigenvalue weighted by molar-refractivity contribution is -0.143. The largest absolute Gasteiger partial charge is 0.493 e. The Labute approximate surface area is 128 Å². The molecule has 21 heavy (non-hydrogen) atoms. The summed E-state index contributed by atoms with van der Waals surface area (Å²) in [6.07, 6.45) is 3.57. The SMILES string of the molecule is COc1cc(C2(C(=O)O)CCCC2)ccc1OC1CSC1. The molecule has 2 fully saturated rings. The lowest BCUT2D eigenvalue weighted by atomic mass is 9.79. The number of methoxy groups -OCH3 is 1. The van der Waals surface area contributed by atoms with Gasteiger partial charge in [-0.2, -0.15) is 11.8 Å². The quantitative estimate of drug-likeness (QED) is 0.906. The highest BCUT2D eigenvalue weighted by atomic mass is 32.2. The molecule has 0 bridgehead atoms. The maximum Gasteiger partial charge on any atom is 0.314 e. The second-order valence-corrected chi connectivity index (χ2v) is 6.81. The molecule has 114 valence electrons. The zero-order valence-electron chi connectivity index (χ0n) is 12.1. The fraction of sp³-hybridized carbons (Fsp3) is 0.562. The monoisotopic (exact) mass is 308 g/mol. The van der Waals surface area contributed by atoms with E-state index in [1.54, 1.807) is 7.11 Å². The Bertz CT molecular complexity index is 533. The Balaban J connectivity index is 1.90. The first kappa shape index (κ1) is 14.6. The Morgan fingerprint density at radius 2 is 2.00 bits per heavy atom. The number of ether oxygens (including phenoxy) is 2. The highest BCUT2D eigenvalue weighted by Crippen LogP contribution is 2.44. The summed E-state index contributed by atoms with van der Waals surface area (Å²) in [5.74, 6) is 2.63. The van der Waals surface area contributed by atoms with Crippen molar-refractivity contribution in [1.82, 2.24) is 0 Å². The van der Waals surface area contributed by atoms with Gasteiger partial charge >= 0.3 is 5.97 Å². The zero-order valence-corrected chi connectivity index (χ0v) is 12.9. The normalized spacial score (nSPS) is 20.8. The minimum atomic E-state index is -0.752. The van der Waals surface area contributed by atoms with Crippen LogP contribution in [0.15, 0.2) is 18.2 Å². The number of carboxylic acids is 1. The van der Waals surface area contributed by atoms with Crippen molar-refractivity contribution in [2.45, 2.75) is 37.2 Å². The molecule has 1 heterocycles. The van der Waals surface area contributed by atoms with Gasteiger partial charge in [-0.05, 0) is 30.5 Å². The van der Waals surface area contributed by atoms with Crippen molar-refractivity contribution < 1.29 is 19.4 Å². The molecule has 0 atom stereocenters. The van der Waals surface area contributed by atoms with Crippen LogP contribution in [0.25, 0.3) is 0 Å². The summed E-state index contributed by atoms with van der Waals surface area (Å²) < 4.78 is 11.3. The van der Waals surface area contributed by atoms with Crippen LogP contribution in [0, 0.1) is 0 Å². The van der Waals surface area contributed by atoms with Crippen molar-refractivity contribution >= 4 is 17.7 Å². The Morgan fingerprint density at radius 1 is 1.29 bits per heavy atom. The van der Waals surface area contributed by atoms with Crippen LogP contribution in [0.5, 0.6) is 11.5 Å². The number of hydrogen-bond donors (Lipinski definition) is 1. The molecule has 0 aromatic heterocycles. The van der Waals surface area contributed by atoms with Crippen molar-refractivity contribution in [2.75, 3.05) is 18.6 Å². The number of aliphatic carboxylic acids is 1. The minimum absolute atomic E-state index is 0.245. The number of carboxylic acid groups (broad SMARTS) is 1. The summed E-state index contributed by atoms with van der Waals surface area (Å²) in [6.45, 7) is 0. The van der Waals surface area contributed by atoms with Crippen molar-refractivity contribution in [3.8, 4) is 11.5 Å². The highest BCUT2D eigenvalue weighted by Gasteiger charge is 2.43. The van der Waals surface area contributed by atoms with Gasteiger partial charge in [0.2, 0.25) is 0 Å². The van der Waals surface area contributed by atoms with Gasteiger partial charge in [-0.25, -0.2) is 0 Å². The van der Waals surface area contributed by atoms with Gasteiger partial charge in [0.05, 0.1) is 12.5 Å². The molecule has 1 saturated carbocycles. The van der Waals surface area contributed by atoms with Gasteiger partial charge in [-0.15, -0.1) is 0 Å². The number of benzene rings is 1. The van der Waals surface area contributed by atoms with E-state index >= 15 is 0 Å². The fourth-order valence-electron chi connectivity index (χ4n) is 3.13. The van der Waals surface area contributed by atoms with Crippen LogP contribution < -0.4 is 9.47 Å². The second kappa shape index (κ2) is 5.79. The summed E-state index contributed by atoms with van der Waals surface area (Å²) in [4.78, 5) is 11.8. The molecule has 4 nitrogen and oxygen atoms in total. The Morgan fingerprint density at radius 3 is 2.52 bits per heavy atom. The maximum absolute atomic E-state index is 11.8. The molecule has 1 N–H and O–H groups in total. The van der Waals surface area contributed by atoms with E-state index in [4.69, 9.17) is 9.47 Å². The number of hydrogen-bond acceptors (Lipinski definition) is 4. The maximum atomic E-state index is 11.8. The van der Waals surface area contributed by atoms with Crippen LogP contribution in [0.3, 0.4) is 0 Å². The third-order valence-electron chi connectivity index (χ3n) is 4.48. The van der Waals surface area contributed by atoms with Crippen LogP contribution in [0.2, 0.25) is 0 Å². The molecule has 0 radical (unpaired) electrons. The smallest absolute Gasteiger partial charge is 0.314 e. The van der Waals surface area contributed by atoms with E-state index in [0.717, 1.165) is 29.9 Å². The van der Waals surface area contributed by atoms with Gasteiger partial charge in [0.1, 0.15) is 6.10 Å². The van der Waals surface area contributed by atoms with Gasteiger partial charge in [0.25, 0.3) is 0 Å². The number of carbonyl (C=O) groups is 1. The molecule has 0 unspecified atom stereocenters. The number of thioether (sulfide) groups is 1. The zero-order chi connectivity index (χ0) is 14.9. The van der Waals surface area contributed by atoms with Gasteiger partial charge in [0, 0.05) is 11.5 Å². The first-order valence-electron chi connectivity index (χ1n) is 7.32. The van der Waals surface area contributed by atoms with Gasteiger partial charge in [-0.1, -0.05) is 18.9 Å². The summed E-state index contributed by atoms with van der Waals surface area (Å²) in [6, 6.07) is 5.60. The third-order valence-corrected chi connectivity index (χ3v) is 5.70. The summed E-state index contributed by atoms with van der Waals surface area (Å²) in [5, 5.41) is 9.67. The highest BCUT2D eigenvalue weighted by molar-refractivity contribution is 8.00. The second-order valence-electron chi connectivity index (χ2n) is 5.74. The average molecular weight is 308 g/mol. The number of rotatable bonds is 5. The van der Waals surface area contributed by atoms with Crippen LogP contribution in [-0.4, -0.2) is 35.8 Å². The molecule has 1 saturated heterocycles. The lowest BCUT2D eigenvalue weighted by Gasteiger charge is -2.28. The van der Waals surface area contributed by atoms with Gasteiger partial charge < -0.3 is 14.6 Å². The predicted molar refractivity (Wildman–Crippen MR) is 82.5 cm³/mol. The van der Waals surface area contributed by atoms with E-state index in [2.05, 4.69) is 0 Å².